The SMILES string of the molecule is CCN(CC)CC(=O)N1CCN(C(=O)CN)CC1.Cl.Cl. The summed E-state index contributed by atoms with van der Waals surface area (Å²) < 4.78 is 0. The molecule has 0 bridgehead atoms. The molecule has 1 aliphatic rings. The van der Waals surface area contributed by atoms with Gasteiger partial charge in [-0.05, 0) is 13.1 Å². The minimum Gasteiger partial charge on any atom is -0.338 e. The lowest BCUT2D eigenvalue weighted by atomic mass is 10.3. The van der Waals surface area contributed by atoms with Gasteiger partial charge in [-0.2, -0.15) is 0 Å². The van der Waals surface area contributed by atoms with E-state index in [4.69, 9.17) is 5.73 Å². The number of nitrogens with zero attached hydrogens (tertiary/aromatic N) is 3. The van der Waals surface area contributed by atoms with Crippen LogP contribution in [-0.4, -0.2) is 78.9 Å². The van der Waals surface area contributed by atoms with E-state index in [9.17, 15) is 9.59 Å². The Morgan fingerprint density at radius 2 is 1.35 bits per heavy atom. The molecule has 1 heterocycles. The van der Waals surface area contributed by atoms with Crippen LogP contribution < -0.4 is 5.73 Å². The summed E-state index contributed by atoms with van der Waals surface area (Å²) in [5.41, 5.74) is 5.32. The smallest absolute Gasteiger partial charge is 0.236 e. The number of rotatable bonds is 5. The van der Waals surface area contributed by atoms with E-state index in [1.807, 2.05) is 4.90 Å². The number of carbonyl (C=O) groups is 2. The van der Waals surface area contributed by atoms with Crippen LogP contribution in [0, 0.1) is 0 Å². The average Bonchev–Trinajstić information content (AvgIpc) is 2.43. The first-order chi connectivity index (χ1) is 8.62. The minimum atomic E-state index is -0.0363. The third-order valence-electron chi connectivity index (χ3n) is 3.41. The van der Waals surface area contributed by atoms with E-state index in [0.717, 1.165) is 13.1 Å². The highest BCUT2D eigenvalue weighted by Crippen LogP contribution is 2.03. The fraction of sp³-hybridized carbons (Fsp3) is 0.833. The average molecular weight is 329 g/mol. The quantitative estimate of drug-likeness (QED) is 0.759. The number of hydrogen-bond donors (Lipinski definition) is 1. The fourth-order valence-corrected chi connectivity index (χ4v) is 2.07. The first-order valence-electron chi connectivity index (χ1n) is 6.60. The van der Waals surface area contributed by atoms with Crippen LogP contribution in [0.4, 0.5) is 0 Å². The minimum absolute atomic E-state index is 0. The van der Waals surface area contributed by atoms with Gasteiger partial charge >= 0.3 is 0 Å². The molecular formula is C12H26Cl2N4O2. The van der Waals surface area contributed by atoms with Gasteiger partial charge < -0.3 is 15.5 Å². The lowest BCUT2D eigenvalue weighted by Gasteiger charge is -2.35. The molecule has 20 heavy (non-hydrogen) atoms. The summed E-state index contributed by atoms with van der Waals surface area (Å²) in [6.45, 7) is 8.81. The van der Waals surface area contributed by atoms with E-state index in [0.29, 0.717) is 32.7 Å². The van der Waals surface area contributed by atoms with Crippen LogP contribution in [-0.2, 0) is 9.59 Å². The van der Waals surface area contributed by atoms with E-state index < -0.39 is 0 Å². The summed E-state index contributed by atoms with van der Waals surface area (Å²) >= 11 is 0. The second-order valence-corrected chi connectivity index (χ2v) is 4.43. The van der Waals surface area contributed by atoms with Crippen molar-refractivity contribution in [3.05, 3.63) is 0 Å². The van der Waals surface area contributed by atoms with Crippen LogP contribution in [0.3, 0.4) is 0 Å². The van der Waals surface area contributed by atoms with Crippen molar-refractivity contribution in [2.75, 3.05) is 52.4 Å². The van der Waals surface area contributed by atoms with E-state index in [2.05, 4.69) is 18.7 Å². The standard InChI is InChI=1S/C12H24N4O2.2ClH/c1-3-14(4-2)10-12(18)16-7-5-15(6-8-16)11(17)9-13;;/h3-10,13H2,1-2H3;2*1H. The van der Waals surface area contributed by atoms with Gasteiger partial charge in [-0.15, -0.1) is 24.8 Å². The highest BCUT2D eigenvalue weighted by molar-refractivity contribution is 5.85. The lowest BCUT2D eigenvalue weighted by Crippen LogP contribution is -2.53. The molecule has 120 valence electrons. The number of carbonyl (C=O) groups excluding carboxylic acids is 2. The lowest BCUT2D eigenvalue weighted by molar-refractivity contribution is -0.139. The second-order valence-electron chi connectivity index (χ2n) is 4.43. The van der Waals surface area contributed by atoms with Gasteiger partial charge in [0.1, 0.15) is 0 Å². The molecule has 1 fully saturated rings. The molecule has 0 atom stereocenters. The largest absolute Gasteiger partial charge is 0.338 e. The van der Waals surface area contributed by atoms with Crippen molar-refractivity contribution >= 4 is 36.6 Å². The zero-order chi connectivity index (χ0) is 13.5. The van der Waals surface area contributed by atoms with Crippen molar-refractivity contribution in [2.45, 2.75) is 13.8 Å². The first-order valence-corrected chi connectivity index (χ1v) is 6.60. The first kappa shape index (κ1) is 21.7. The zero-order valence-electron chi connectivity index (χ0n) is 12.2. The topological polar surface area (TPSA) is 69.9 Å². The molecule has 1 aliphatic heterocycles. The predicted octanol–water partition coefficient (Wildman–Crippen LogP) is -0.199. The van der Waals surface area contributed by atoms with Crippen molar-refractivity contribution < 1.29 is 9.59 Å². The summed E-state index contributed by atoms with van der Waals surface area (Å²) in [6.07, 6.45) is 0. The molecule has 0 aliphatic carbocycles. The van der Waals surface area contributed by atoms with Crippen LogP contribution in [0.5, 0.6) is 0 Å². The predicted molar refractivity (Wildman–Crippen MR) is 84.5 cm³/mol. The Balaban J connectivity index is 0. The summed E-state index contributed by atoms with van der Waals surface area (Å²) in [5, 5.41) is 0. The van der Waals surface area contributed by atoms with Crippen LogP contribution in [0.25, 0.3) is 0 Å². The summed E-state index contributed by atoms with van der Waals surface area (Å²) in [4.78, 5) is 29.1. The van der Waals surface area contributed by atoms with Gasteiger partial charge in [-0.1, -0.05) is 13.8 Å². The number of amides is 2. The molecule has 0 saturated carbocycles. The van der Waals surface area contributed by atoms with Gasteiger partial charge in [-0.25, -0.2) is 0 Å². The van der Waals surface area contributed by atoms with Crippen LogP contribution in [0.15, 0.2) is 0 Å². The molecule has 8 heteroatoms. The molecule has 0 aromatic carbocycles. The third kappa shape index (κ3) is 6.26. The van der Waals surface area contributed by atoms with Gasteiger partial charge in [0.15, 0.2) is 0 Å². The highest BCUT2D eigenvalue weighted by atomic mass is 35.5. The van der Waals surface area contributed by atoms with Gasteiger partial charge in [0.05, 0.1) is 13.1 Å². The van der Waals surface area contributed by atoms with Crippen LogP contribution >= 0.6 is 24.8 Å². The fourth-order valence-electron chi connectivity index (χ4n) is 2.07. The molecule has 0 aromatic rings. The Hall–Kier alpha value is -0.560. The monoisotopic (exact) mass is 328 g/mol. The van der Waals surface area contributed by atoms with Crippen molar-refractivity contribution in [1.29, 1.82) is 0 Å². The van der Waals surface area contributed by atoms with E-state index in [1.54, 1.807) is 4.90 Å². The van der Waals surface area contributed by atoms with Crippen LogP contribution in [0.1, 0.15) is 13.8 Å². The van der Waals surface area contributed by atoms with E-state index in [1.165, 1.54) is 0 Å². The number of hydrogen-bond acceptors (Lipinski definition) is 4. The maximum Gasteiger partial charge on any atom is 0.236 e. The number of nitrogens with two attached hydrogens (primary N) is 1. The highest BCUT2D eigenvalue weighted by Gasteiger charge is 2.23. The second kappa shape index (κ2) is 11.1. The number of halogens is 2. The molecule has 2 amide bonds. The maximum absolute atomic E-state index is 12.0. The summed E-state index contributed by atoms with van der Waals surface area (Å²) in [6, 6.07) is 0. The molecule has 2 N–H and O–H groups in total. The van der Waals surface area contributed by atoms with Crippen molar-refractivity contribution in [2.24, 2.45) is 5.73 Å². The van der Waals surface area contributed by atoms with E-state index >= 15 is 0 Å². The van der Waals surface area contributed by atoms with Crippen molar-refractivity contribution in [3.63, 3.8) is 0 Å². The Kier molecular flexibility index (Phi) is 12.1. The molecular weight excluding hydrogens is 303 g/mol. The third-order valence-corrected chi connectivity index (χ3v) is 3.41. The molecule has 0 spiro atoms. The van der Waals surface area contributed by atoms with Gasteiger partial charge in [0.2, 0.25) is 11.8 Å². The summed E-state index contributed by atoms with van der Waals surface area (Å²) in [5.74, 6) is 0.115. The molecule has 0 radical (unpaired) electrons. The Bertz CT molecular complexity index is 293. The maximum atomic E-state index is 12.0. The van der Waals surface area contributed by atoms with E-state index in [-0.39, 0.29) is 43.2 Å². The van der Waals surface area contributed by atoms with Gasteiger partial charge in [0, 0.05) is 26.2 Å². The molecule has 0 unspecified atom stereocenters. The van der Waals surface area contributed by atoms with Crippen molar-refractivity contribution in [3.8, 4) is 0 Å². The normalized spacial score (nSPS) is 14.6. The Morgan fingerprint density at radius 1 is 0.950 bits per heavy atom. The van der Waals surface area contributed by atoms with Crippen molar-refractivity contribution in [1.82, 2.24) is 14.7 Å². The Labute approximate surface area is 133 Å². The van der Waals surface area contributed by atoms with Gasteiger partial charge in [-0.3, -0.25) is 14.5 Å². The zero-order valence-corrected chi connectivity index (χ0v) is 13.8. The number of likely N-dealkylation sites (N-methyl/N-ethyl adjacent to an activating group) is 1. The molecule has 0 aromatic heterocycles. The number of piperazine rings is 1. The molecule has 1 rings (SSSR count). The van der Waals surface area contributed by atoms with Gasteiger partial charge in [0.25, 0.3) is 0 Å². The molecule has 6 nitrogen and oxygen atoms in total. The Morgan fingerprint density at radius 3 is 1.70 bits per heavy atom. The van der Waals surface area contributed by atoms with Crippen LogP contribution in [0.2, 0.25) is 0 Å². The molecule has 1 saturated heterocycles. The summed E-state index contributed by atoms with van der Waals surface area (Å²) in [7, 11) is 0.